The lowest BCUT2D eigenvalue weighted by Gasteiger charge is -2.25. The summed E-state index contributed by atoms with van der Waals surface area (Å²) in [6, 6.07) is 24.1. The van der Waals surface area contributed by atoms with Crippen molar-refractivity contribution in [2.24, 2.45) is 0 Å². The van der Waals surface area contributed by atoms with Crippen molar-refractivity contribution in [1.29, 1.82) is 0 Å². The van der Waals surface area contributed by atoms with E-state index in [0.717, 1.165) is 17.9 Å². The van der Waals surface area contributed by atoms with E-state index in [0.29, 0.717) is 0 Å². The molecule has 4 aromatic rings. The first-order valence-electron chi connectivity index (χ1n) is 13.5. The average molecular weight is 633 g/mol. The molecule has 1 saturated heterocycles. The van der Waals surface area contributed by atoms with Gasteiger partial charge in [-0.1, -0.05) is 66.2 Å². The molecular formula is C32H25ClN2O10. The predicted molar refractivity (Wildman–Crippen MR) is 157 cm³/mol. The lowest BCUT2D eigenvalue weighted by Crippen LogP contribution is -2.43. The van der Waals surface area contributed by atoms with E-state index in [2.05, 4.69) is 9.72 Å². The second-order valence-corrected chi connectivity index (χ2v) is 10.0. The monoisotopic (exact) mass is 632 g/mol. The third-order valence-electron chi connectivity index (χ3n) is 6.73. The van der Waals surface area contributed by atoms with Crippen LogP contribution in [0, 0.1) is 0 Å². The van der Waals surface area contributed by atoms with E-state index in [1.165, 1.54) is 24.3 Å². The predicted octanol–water partition coefficient (Wildman–Crippen LogP) is 3.89. The molecule has 0 spiro atoms. The Balaban J connectivity index is 1.56. The van der Waals surface area contributed by atoms with E-state index in [-0.39, 0.29) is 21.8 Å². The Morgan fingerprint density at radius 2 is 1.24 bits per heavy atom. The average Bonchev–Trinajstić information content (AvgIpc) is 3.40. The largest absolute Gasteiger partial charge is 0.464 e. The third-order valence-corrected chi connectivity index (χ3v) is 6.92. The highest BCUT2D eigenvalue weighted by Gasteiger charge is 2.52. The van der Waals surface area contributed by atoms with Crippen molar-refractivity contribution in [3.8, 4) is 0 Å². The van der Waals surface area contributed by atoms with Gasteiger partial charge in [0.1, 0.15) is 17.9 Å². The molecule has 3 aromatic carbocycles. The Morgan fingerprint density at radius 3 is 1.76 bits per heavy atom. The number of methoxy groups -OCH3 is 1. The minimum atomic E-state index is -1.52. The van der Waals surface area contributed by atoms with E-state index in [1.54, 1.807) is 66.7 Å². The number of hydrogen-bond acceptors (Lipinski definition) is 11. The van der Waals surface area contributed by atoms with Crippen molar-refractivity contribution in [2.45, 2.75) is 24.5 Å². The molecular weight excluding hydrogens is 608 g/mol. The number of halogens is 1. The van der Waals surface area contributed by atoms with Crippen LogP contribution in [0.3, 0.4) is 0 Å². The maximum atomic E-state index is 13.4. The molecule has 0 saturated carbocycles. The van der Waals surface area contributed by atoms with Gasteiger partial charge in [-0.25, -0.2) is 24.2 Å². The van der Waals surface area contributed by atoms with Gasteiger partial charge < -0.3 is 23.7 Å². The van der Waals surface area contributed by atoms with Crippen LogP contribution in [0.1, 0.15) is 47.8 Å². The molecule has 45 heavy (non-hydrogen) atoms. The highest BCUT2D eigenvalue weighted by Crippen LogP contribution is 2.35. The molecule has 2 heterocycles. The third kappa shape index (κ3) is 7.08. The maximum Gasteiger partial charge on any atom is 0.362 e. The summed E-state index contributed by atoms with van der Waals surface area (Å²) in [6.45, 7) is -0.478. The molecule has 0 aliphatic carbocycles. The zero-order valence-corrected chi connectivity index (χ0v) is 24.4. The Labute approximate surface area is 261 Å². The van der Waals surface area contributed by atoms with Crippen LogP contribution in [0.2, 0.25) is 5.15 Å². The summed E-state index contributed by atoms with van der Waals surface area (Å²) in [5.41, 5.74) is -1.09. The number of carbonyl (C=O) groups is 4. The summed E-state index contributed by atoms with van der Waals surface area (Å²) >= 11 is 6.16. The van der Waals surface area contributed by atoms with Crippen LogP contribution in [0.15, 0.2) is 102 Å². The van der Waals surface area contributed by atoms with Crippen molar-refractivity contribution >= 4 is 35.5 Å². The van der Waals surface area contributed by atoms with Crippen molar-refractivity contribution in [3.63, 3.8) is 0 Å². The first kappa shape index (κ1) is 31.1. The van der Waals surface area contributed by atoms with Crippen LogP contribution in [-0.4, -0.2) is 65.5 Å². The summed E-state index contributed by atoms with van der Waals surface area (Å²) in [5.74, 6) is -3.42. The minimum Gasteiger partial charge on any atom is -0.464 e. The number of carbonyl (C=O) groups excluding carboxylic acids is 4. The number of aromatic nitrogens is 2. The quantitative estimate of drug-likeness (QED) is 0.195. The van der Waals surface area contributed by atoms with Gasteiger partial charge in [-0.3, -0.25) is 9.36 Å². The normalized spacial score (nSPS) is 18.9. The van der Waals surface area contributed by atoms with Gasteiger partial charge >= 0.3 is 23.9 Å². The fourth-order valence-electron chi connectivity index (χ4n) is 4.58. The van der Waals surface area contributed by atoms with Crippen molar-refractivity contribution < 1.29 is 42.9 Å². The highest BCUT2D eigenvalue weighted by atomic mass is 35.5. The summed E-state index contributed by atoms with van der Waals surface area (Å²) < 4.78 is 28.8. The molecule has 12 nitrogen and oxygen atoms in total. The number of nitrogens with zero attached hydrogens (tertiary/aromatic N) is 2. The smallest absolute Gasteiger partial charge is 0.362 e. The standard InChI is InChI=1S/C32H25ClN2O10/c1-41-32(40)24-27(36)35(17-23(33)34-24)28-26(45-31(39)21-15-9-4-10-16-21)25(44-30(38)20-13-7-3-8-14-20)22(43-28)18-42-29(37)19-11-5-2-6-12-19/h2-17,22,25-26,28H,18H2,1H3/t22?,25?,26-,28+/m0/s1. The lowest BCUT2D eigenvalue weighted by molar-refractivity contribution is -0.0636. The Kier molecular flexibility index (Phi) is 9.66. The molecule has 4 atom stereocenters. The van der Waals surface area contributed by atoms with Gasteiger partial charge in [0.15, 0.2) is 18.4 Å². The van der Waals surface area contributed by atoms with Gasteiger partial charge in [0.05, 0.1) is 23.8 Å². The van der Waals surface area contributed by atoms with E-state index in [1.807, 2.05) is 0 Å². The first-order valence-corrected chi connectivity index (χ1v) is 13.9. The topological polar surface area (TPSA) is 149 Å². The summed E-state index contributed by atoms with van der Waals surface area (Å²) in [4.78, 5) is 68.9. The molecule has 1 aliphatic heterocycles. The summed E-state index contributed by atoms with van der Waals surface area (Å²) in [6.07, 6.45) is -4.64. The molecule has 13 heteroatoms. The number of esters is 4. The summed E-state index contributed by atoms with van der Waals surface area (Å²) in [7, 11) is 1.06. The molecule has 5 rings (SSSR count). The van der Waals surface area contributed by atoms with Crippen LogP contribution in [0.5, 0.6) is 0 Å². The molecule has 0 radical (unpaired) electrons. The van der Waals surface area contributed by atoms with Crippen LogP contribution in [-0.2, 0) is 23.7 Å². The number of rotatable bonds is 9. The van der Waals surface area contributed by atoms with Gasteiger partial charge in [-0.05, 0) is 36.4 Å². The second kappa shape index (κ2) is 14.0. The fraction of sp³-hybridized carbons (Fsp3) is 0.188. The van der Waals surface area contributed by atoms with Gasteiger partial charge in [-0.15, -0.1) is 0 Å². The number of ether oxygens (including phenoxy) is 5. The highest BCUT2D eigenvalue weighted by molar-refractivity contribution is 6.29. The van der Waals surface area contributed by atoms with Crippen LogP contribution in [0.4, 0.5) is 0 Å². The zero-order chi connectivity index (χ0) is 31.9. The van der Waals surface area contributed by atoms with E-state index in [9.17, 15) is 24.0 Å². The molecule has 1 fully saturated rings. The molecule has 1 aromatic heterocycles. The molecule has 2 unspecified atom stereocenters. The molecule has 0 amide bonds. The van der Waals surface area contributed by atoms with Crippen molar-refractivity contribution in [2.75, 3.05) is 13.7 Å². The molecule has 230 valence electrons. The van der Waals surface area contributed by atoms with E-state index in [4.69, 9.17) is 30.5 Å². The lowest BCUT2D eigenvalue weighted by atomic mass is 10.1. The molecule has 1 aliphatic rings. The second-order valence-electron chi connectivity index (χ2n) is 9.62. The Hall–Kier alpha value is -5.33. The molecule has 0 bridgehead atoms. The zero-order valence-electron chi connectivity index (χ0n) is 23.6. The SMILES string of the molecule is COC(=O)c1nc(Cl)cn([C@@H]2OC(COC(=O)c3ccccc3)C(OC(=O)c3ccccc3)[C@@H]2OC(=O)c2ccccc2)c1=O. The van der Waals surface area contributed by atoms with Gasteiger partial charge in [0.25, 0.3) is 5.56 Å². The van der Waals surface area contributed by atoms with Gasteiger partial charge in [0, 0.05) is 6.20 Å². The van der Waals surface area contributed by atoms with E-state index >= 15 is 0 Å². The van der Waals surface area contributed by atoms with Gasteiger partial charge in [0.2, 0.25) is 5.69 Å². The number of benzene rings is 3. The van der Waals surface area contributed by atoms with E-state index < -0.39 is 66.3 Å². The maximum absolute atomic E-state index is 13.4. The fourth-order valence-corrected chi connectivity index (χ4v) is 4.77. The van der Waals surface area contributed by atoms with Crippen molar-refractivity contribution in [1.82, 2.24) is 9.55 Å². The molecule has 0 N–H and O–H groups in total. The summed E-state index contributed by atoms with van der Waals surface area (Å²) in [5, 5.41) is -0.288. The Bertz CT molecular complexity index is 1750. The van der Waals surface area contributed by atoms with Gasteiger partial charge in [-0.2, -0.15) is 0 Å². The van der Waals surface area contributed by atoms with Crippen molar-refractivity contribution in [3.05, 3.63) is 135 Å². The minimum absolute atomic E-state index is 0.152. The van der Waals surface area contributed by atoms with Crippen LogP contribution in [0.25, 0.3) is 0 Å². The number of hydrogen-bond donors (Lipinski definition) is 0. The van der Waals surface area contributed by atoms with Crippen LogP contribution >= 0.6 is 11.6 Å². The first-order chi connectivity index (χ1) is 21.8. The Morgan fingerprint density at radius 1 is 0.756 bits per heavy atom. The van der Waals surface area contributed by atoms with Crippen LogP contribution < -0.4 is 5.56 Å².